The highest BCUT2D eigenvalue weighted by Gasteiger charge is 2.47. The van der Waals surface area contributed by atoms with Gasteiger partial charge in [0.25, 0.3) is 11.7 Å². The van der Waals surface area contributed by atoms with Crippen molar-refractivity contribution in [1.82, 2.24) is 0 Å². The van der Waals surface area contributed by atoms with Gasteiger partial charge in [-0.2, -0.15) is 0 Å². The first-order chi connectivity index (χ1) is 17.7. The number of aryl methyl sites for hydroxylation is 1. The van der Waals surface area contributed by atoms with Gasteiger partial charge >= 0.3 is 0 Å². The molecule has 4 rings (SSSR count). The lowest BCUT2D eigenvalue weighted by Gasteiger charge is -2.27. The van der Waals surface area contributed by atoms with Gasteiger partial charge in [0.05, 0.1) is 11.6 Å². The number of halogens is 1. The fourth-order valence-corrected chi connectivity index (χ4v) is 4.73. The van der Waals surface area contributed by atoms with Crippen molar-refractivity contribution in [3.8, 4) is 0 Å². The van der Waals surface area contributed by atoms with Gasteiger partial charge < -0.3 is 14.9 Å². The van der Waals surface area contributed by atoms with E-state index < -0.39 is 23.5 Å². The lowest BCUT2D eigenvalue weighted by molar-refractivity contribution is -0.132. The average Bonchev–Trinajstić information content (AvgIpc) is 3.16. The molecule has 192 valence electrons. The van der Waals surface area contributed by atoms with Crippen LogP contribution in [0.4, 0.5) is 21.5 Å². The maximum absolute atomic E-state index is 13.9. The minimum absolute atomic E-state index is 0.0247. The van der Waals surface area contributed by atoms with Gasteiger partial charge in [-0.1, -0.05) is 12.1 Å². The normalized spacial score (nSPS) is 16.8. The number of hydrogen-bond donors (Lipinski definition) is 1. The molecule has 0 bridgehead atoms. The van der Waals surface area contributed by atoms with Crippen LogP contribution in [0.5, 0.6) is 0 Å². The highest BCUT2D eigenvalue weighted by atomic mass is 19.1. The number of hydrogen-bond acceptors (Lipinski definition) is 5. The molecule has 1 heterocycles. The summed E-state index contributed by atoms with van der Waals surface area (Å²) >= 11 is 0. The standard InChI is InChI=1S/C30H32FN3O3/c1-6-33(7-2)23-11-8-20(9-12-23)27-26(28(35)21-10-17-25(31)19(3)18-21)29(36)30(37)34(27)24-15-13-22(14-16-24)32(4)5/h8-18,27,35H,6-7H2,1-5H3/b28-26-. The van der Waals surface area contributed by atoms with Crippen LogP contribution in [0.15, 0.2) is 72.3 Å². The molecule has 0 aliphatic carbocycles. The van der Waals surface area contributed by atoms with Crippen LogP contribution in [0.3, 0.4) is 0 Å². The van der Waals surface area contributed by atoms with Crippen LogP contribution < -0.4 is 14.7 Å². The summed E-state index contributed by atoms with van der Waals surface area (Å²) in [5.41, 5.74) is 3.79. The molecule has 1 atom stereocenters. The van der Waals surface area contributed by atoms with Gasteiger partial charge in [-0.3, -0.25) is 14.5 Å². The maximum Gasteiger partial charge on any atom is 0.300 e. The van der Waals surface area contributed by atoms with E-state index in [4.69, 9.17) is 0 Å². The number of rotatable bonds is 7. The largest absolute Gasteiger partial charge is 0.507 e. The summed E-state index contributed by atoms with van der Waals surface area (Å²) in [5.74, 6) is -2.25. The van der Waals surface area contributed by atoms with E-state index in [1.807, 2.05) is 55.4 Å². The van der Waals surface area contributed by atoms with Crippen molar-refractivity contribution >= 4 is 34.5 Å². The summed E-state index contributed by atoms with van der Waals surface area (Å²) in [6.07, 6.45) is 0. The lowest BCUT2D eigenvalue weighted by atomic mass is 9.94. The van der Waals surface area contributed by atoms with E-state index in [1.54, 1.807) is 19.1 Å². The van der Waals surface area contributed by atoms with Crippen LogP contribution in [0.25, 0.3) is 5.76 Å². The number of aliphatic hydroxyl groups is 1. The molecule has 1 saturated heterocycles. The Morgan fingerprint density at radius 2 is 1.51 bits per heavy atom. The molecule has 3 aromatic carbocycles. The van der Waals surface area contributed by atoms with E-state index in [2.05, 4.69) is 18.7 Å². The molecule has 6 nitrogen and oxygen atoms in total. The first kappa shape index (κ1) is 25.9. The van der Waals surface area contributed by atoms with Gasteiger partial charge in [0, 0.05) is 49.8 Å². The van der Waals surface area contributed by atoms with Crippen molar-refractivity contribution in [3.05, 3.63) is 94.8 Å². The van der Waals surface area contributed by atoms with Gasteiger partial charge in [-0.25, -0.2) is 4.39 Å². The number of carbonyl (C=O) groups excluding carboxylic acids is 2. The van der Waals surface area contributed by atoms with Crippen LogP contribution in [-0.4, -0.2) is 44.0 Å². The second kappa shape index (κ2) is 10.5. The van der Waals surface area contributed by atoms with Crippen LogP contribution >= 0.6 is 0 Å². The number of anilines is 3. The molecule has 7 heteroatoms. The zero-order valence-electron chi connectivity index (χ0n) is 21.8. The minimum atomic E-state index is -0.846. The monoisotopic (exact) mass is 501 g/mol. The zero-order chi connectivity index (χ0) is 26.9. The molecule has 0 radical (unpaired) electrons. The number of aliphatic hydroxyl groups excluding tert-OH is 1. The Morgan fingerprint density at radius 3 is 2.05 bits per heavy atom. The average molecular weight is 502 g/mol. The predicted octanol–water partition coefficient (Wildman–Crippen LogP) is 5.67. The molecule has 1 N–H and O–H groups in total. The van der Waals surface area contributed by atoms with Gasteiger partial charge in [-0.05, 0) is 86.5 Å². The van der Waals surface area contributed by atoms with Crippen LogP contribution in [0, 0.1) is 12.7 Å². The third kappa shape index (κ3) is 4.81. The van der Waals surface area contributed by atoms with E-state index in [0.717, 1.165) is 24.5 Å². The summed E-state index contributed by atoms with van der Waals surface area (Å²) < 4.78 is 13.9. The van der Waals surface area contributed by atoms with E-state index in [0.29, 0.717) is 16.8 Å². The molecule has 37 heavy (non-hydrogen) atoms. The molecule has 1 aliphatic heterocycles. The highest BCUT2D eigenvalue weighted by molar-refractivity contribution is 6.51. The zero-order valence-corrected chi connectivity index (χ0v) is 21.8. The molecule has 0 saturated carbocycles. The van der Waals surface area contributed by atoms with E-state index >= 15 is 0 Å². The topological polar surface area (TPSA) is 64.1 Å². The SMILES string of the molecule is CCN(CC)c1ccc(C2/C(=C(/O)c3ccc(F)c(C)c3)C(=O)C(=O)N2c2ccc(N(C)C)cc2)cc1. The Labute approximate surface area is 217 Å². The Balaban J connectivity index is 1.89. The molecule has 1 aliphatic rings. The number of Topliss-reactive ketones (excluding diaryl/α,β-unsaturated/α-hetero) is 1. The third-order valence-corrected chi connectivity index (χ3v) is 6.86. The van der Waals surface area contributed by atoms with Gasteiger partial charge in [0.15, 0.2) is 0 Å². The molecule has 1 amide bonds. The van der Waals surface area contributed by atoms with Crippen molar-refractivity contribution < 1.29 is 19.1 Å². The summed E-state index contributed by atoms with van der Waals surface area (Å²) in [4.78, 5) is 32.3. The molecule has 1 unspecified atom stereocenters. The van der Waals surface area contributed by atoms with E-state index in [9.17, 15) is 19.1 Å². The Kier molecular flexibility index (Phi) is 7.34. The summed E-state index contributed by atoms with van der Waals surface area (Å²) in [5, 5.41) is 11.3. The minimum Gasteiger partial charge on any atom is -0.507 e. The van der Waals surface area contributed by atoms with Crippen LogP contribution in [0.1, 0.15) is 36.6 Å². The van der Waals surface area contributed by atoms with Crippen molar-refractivity contribution in [2.24, 2.45) is 0 Å². The maximum atomic E-state index is 13.9. The van der Waals surface area contributed by atoms with E-state index in [1.165, 1.54) is 23.1 Å². The summed E-state index contributed by atoms with van der Waals surface area (Å²) in [6, 6.07) is 18.3. The Hall–Kier alpha value is -4.13. The quantitative estimate of drug-likeness (QED) is 0.257. The molecular weight excluding hydrogens is 469 g/mol. The fourth-order valence-electron chi connectivity index (χ4n) is 4.73. The summed E-state index contributed by atoms with van der Waals surface area (Å²) in [6.45, 7) is 7.43. The Morgan fingerprint density at radius 1 is 0.919 bits per heavy atom. The van der Waals surface area contributed by atoms with Crippen molar-refractivity contribution in [1.29, 1.82) is 0 Å². The first-order valence-electron chi connectivity index (χ1n) is 12.4. The Bertz CT molecular complexity index is 1340. The van der Waals surface area contributed by atoms with Crippen molar-refractivity contribution in [2.75, 3.05) is 41.9 Å². The third-order valence-electron chi connectivity index (χ3n) is 6.86. The molecular formula is C30H32FN3O3. The number of ketones is 1. The van der Waals surface area contributed by atoms with Crippen molar-refractivity contribution in [3.63, 3.8) is 0 Å². The number of amides is 1. The van der Waals surface area contributed by atoms with E-state index in [-0.39, 0.29) is 16.9 Å². The second-order valence-corrected chi connectivity index (χ2v) is 9.31. The molecule has 1 fully saturated rings. The smallest absolute Gasteiger partial charge is 0.300 e. The van der Waals surface area contributed by atoms with Gasteiger partial charge in [0.1, 0.15) is 11.6 Å². The van der Waals surface area contributed by atoms with Crippen LogP contribution in [0.2, 0.25) is 0 Å². The van der Waals surface area contributed by atoms with Crippen molar-refractivity contribution in [2.45, 2.75) is 26.8 Å². The fraction of sp³-hybridized carbons (Fsp3) is 0.267. The number of nitrogens with zero attached hydrogens (tertiary/aromatic N) is 3. The highest BCUT2D eigenvalue weighted by Crippen LogP contribution is 2.43. The number of carbonyl (C=O) groups is 2. The van der Waals surface area contributed by atoms with Gasteiger partial charge in [0.2, 0.25) is 0 Å². The predicted molar refractivity (Wildman–Crippen MR) is 147 cm³/mol. The number of benzene rings is 3. The first-order valence-corrected chi connectivity index (χ1v) is 12.4. The molecule has 0 spiro atoms. The summed E-state index contributed by atoms with van der Waals surface area (Å²) in [7, 11) is 3.84. The molecule has 0 aromatic heterocycles. The van der Waals surface area contributed by atoms with Crippen LogP contribution in [-0.2, 0) is 9.59 Å². The second-order valence-electron chi connectivity index (χ2n) is 9.31. The van der Waals surface area contributed by atoms with Gasteiger partial charge in [-0.15, -0.1) is 0 Å². The lowest BCUT2D eigenvalue weighted by Crippen LogP contribution is -2.29. The molecule has 3 aromatic rings.